The minimum Gasteiger partial charge on any atom is -0.493 e. The highest BCUT2D eigenvalue weighted by Gasteiger charge is 2.13. The molecule has 0 atom stereocenters. The lowest BCUT2D eigenvalue weighted by atomic mass is 10.1. The second kappa shape index (κ2) is 5.76. The number of hydrogen-bond donors (Lipinski definition) is 0. The normalized spacial score (nSPS) is 13.7. The van der Waals surface area contributed by atoms with Gasteiger partial charge in [-0.1, -0.05) is 26.0 Å². The zero-order chi connectivity index (χ0) is 14.8. The van der Waals surface area contributed by atoms with E-state index in [2.05, 4.69) is 54.1 Å². The van der Waals surface area contributed by atoms with Crippen LogP contribution < -0.4 is 9.64 Å². The number of aryl methyl sites for hydroxylation is 1. The van der Waals surface area contributed by atoms with Crippen LogP contribution in [0.2, 0.25) is 0 Å². The van der Waals surface area contributed by atoms with Crippen molar-refractivity contribution >= 4 is 11.5 Å². The Morgan fingerprint density at radius 2 is 2.05 bits per heavy atom. The number of pyridine rings is 1. The largest absolute Gasteiger partial charge is 0.493 e. The first-order valence-corrected chi connectivity index (χ1v) is 7.60. The molecule has 2 heterocycles. The van der Waals surface area contributed by atoms with Gasteiger partial charge in [0.1, 0.15) is 11.6 Å². The van der Waals surface area contributed by atoms with Gasteiger partial charge in [-0.25, -0.2) is 4.98 Å². The predicted octanol–water partition coefficient (Wildman–Crippen LogP) is 4.30. The van der Waals surface area contributed by atoms with E-state index in [-0.39, 0.29) is 0 Å². The van der Waals surface area contributed by atoms with Crippen molar-refractivity contribution < 1.29 is 4.74 Å². The lowest BCUT2D eigenvalue weighted by Gasteiger charge is -2.23. The average Bonchev–Trinajstić information content (AvgIpc) is 2.54. The summed E-state index contributed by atoms with van der Waals surface area (Å²) in [5.74, 6) is 2.48. The summed E-state index contributed by atoms with van der Waals surface area (Å²) in [6.45, 7) is 5.18. The highest BCUT2D eigenvalue weighted by Crippen LogP contribution is 2.31. The van der Waals surface area contributed by atoms with Crippen LogP contribution in [0.5, 0.6) is 5.75 Å². The molecule has 0 spiro atoms. The Bertz CT molecular complexity index is 620. The molecule has 3 nitrogen and oxygen atoms in total. The molecule has 2 aromatic rings. The van der Waals surface area contributed by atoms with Crippen molar-refractivity contribution in [1.82, 2.24) is 4.98 Å². The Balaban J connectivity index is 1.85. The minimum absolute atomic E-state index is 0.508. The van der Waals surface area contributed by atoms with Gasteiger partial charge in [-0.15, -0.1) is 0 Å². The van der Waals surface area contributed by atoms with Gasteiger partial charge in [0.25, 0.3) is 0 Å². The second-order valence-corrected chi connectivity index (χ2v) is 5.91. The van der Waals surface area contributed by atoms with Gasteiger partial charge in [0, 0.05) is 25.0 Å². The van der Waals surface area contributed by atoms with E-state index >= 15 is 0 Å². The number of ether oxygens (including phenoxy) is 1. The maximum Gasteiger partial charge on any atom is 0.132 e. The molecule has 0 N–H and O–H groups in total. The molecular formula is C18H22N2O. The van der Waals surface area contributed by atoms with Crippen LogP contribution in [0.4, 0.5) is 11.5 Å². The van der Waals surface area contributed by atoms with Gasteiger partial charge >= 0.3 is 0 Å². The first-order valence-electron chi connectivity index (χ1n) is 7.60. The highest BCUT2D eigenvalue weighted by atomic mass is 16.5. The fourth-order valence-corrected chi connectivity index (χ4v) is 2.61. The molecule has 0 aliphatic carbocycles. The van der Waals surface area contributed by atoms with E-state index in [0.717, 1.165) is 36.7 Å². The van der Waals surface area contributed by atoms with Crippen LogP contribution in [0.15, 0.2) is 36.5 Å². The Kier molecular flexibility index (Phi) is 3.82. The summed E-state index contributed by atoms with van der Waals surface area (Å²) in [6, 6.07) is 10.7. The van der Waals surface area contributed by atoms with Gasteiger partial charge in [-0.3, -0.25) is 0 Å². The van der Waals surface area contributed by atoms with Crippen LogP contribution >= 0.6 is 0 Å². The number of nitrogens with zero attached hydrogens (tertiary/aromatic N) is 2. The Morgan fingerprint density at radius 1 is 1.19 bits per heavy atom. The second-order valence-electron chi connectivity index (χ2n) is 5.91. The van der Waals surface area contributed by atoms with Crippen molar-refractivity contribution in [2.24, 2.45) is 0 Å². The molecule has 1 aliphatic rings. The fraction of sp³-hybridized carbons (Fsp3) is 0.389. The zero-order valence-electron chi connectivity index (χ0n) is 13.0. The number of fused-ring (bicyclic) bond motifs is 1. The third-order valence-electron chi connectivity index (χ3n) is 4.07. The highest BCUT2D eigenvalue weighted by molar-refractivity contribution is 5.62. The van der Waals surface area contributed by atoms with Crippen molar-refractivity contribution in [2.45, 2.75) is 32.6 Å². The summed E-state index contributed by atoms with van der Waals surface area (Å²) >= 11 is 0. The van der Waals surface area contributed by atoms with Gasteiger partial charge in [0.15, 0.2) is 0 Å². The summed E-state index contributed by atoms with van der Waals surface area (Å²) in [4.78, 5) is 6.67. The molecule has 21 heavy (non-hydrogen) atoms. The fourth-order valence-electron chi connectivity index (χ4n) is 2.61. The quantitative estimate of drug-likeness (QED) is 0.839. The number of aromatic nitrogens is 1. The first kappa shape index (κ1) is 13.9. The van der Waals surface area contributed by atoms with Gasteiger partial charge in [0.05, 0.1) is 6.61 Å². The molecule has 1 aromatic carbocycles. The summed E-state index contributed by atoms with van der Waals surface area (Å²) in [5.41, 5.74) is 3.68. The van der Waals surface area contributed by atoms with Gasteiger partial charge in [0.2, 0.25) is 0 Å². The predicted molar refractivity (Wildman–Crippen MR) is 86.6 cm³/mol. The Hall–Kier alpha value is -2.03. The van der Waals surface area contributed by atoms with Crippen molar-refractivity contribution in [3.63, 3.8) is 0 Å². The summed E-state index contributed by atoms with van der Waals surface area (Å²) < 4.78 is 5.75. The summed E-state index contributed by atoms with van der Waals surface area (Å²) in [7, 11) is 2.04. The molecule has 0 fully saturated rings. The molecule has 0 bridgehead atoms. The summed E-state index contributed by atoms with van der Waals surface area (Å²) in [5, 5.41) is 0. The average molecular weight is 282 g/mol. The number of rotatable bonds is 3. The van der Waals surface area contributed by atoms with Crippen molar-refractivity contribution in [3.05, 3.63) is 47.7 Å². The van der Waals surface area contributed by atoms with Crippen molar-refractivity contribution in [1.29, 1.82) is 0 Å². The van der Waals surface area contributed by atoms with Crippen LogP contribution in [0, 0.1) is 0 Å². The van der Waals surface area contributed by atoms with E-state index in [4.69, 9.17) is 4.74 Å². The van der Waals surface area contributed by atoms with Crippen molar-refractivity contribution in [3.8, 4) is 5.75 Å². The standard InChI is InChI=1S/C18H22N2O/c1-13(2)15-7-9-18(19-12-15)20(3)16-8-6-14-5-4-10-21-17(14)11-16/h6-9,11-13H,4-5,10H2,1-3H3. The van der Waals surface area contributed by atoms with Crippen LogP contribution in [-0.4, -0.2) is 18.6 Å². The van der Waals surface area contributed by atoms with E-state index < -0.39 is 0 Å². The molecule has 3 heteroatoms. The van der Waals surface area contributed by atoms with E-state index in [1.807, 2.05) is 13.2 Å². The topological polar surface area (TPSA) is 25.4 Å². The molecule has 0 radical (unpaired) electrons. The Labute approximate surface area is 126 Å². The van der Waals surface area contributed by atoms with Crippen molar-refractivity contribution in [2.75, 3.05) is 18.6 Å². The minimum atomic E-state index is 0.508. The SMILES string of the molecule is CC(C)c1ccc(N(C)c2ccc3c(c2)OCCC3)nc1. The van der Waals surface area contributed by atoms with E-state index in [1.165, 1.54) is 11.1 Å². The monoisotopic (exact) mass is 282 g/mol. The lowest BCUT2D eigenvalue weighted by Crippen LogP contribution is -2.13. The zero-order valence-corrected chi connectivity index (χ0v) is 13.0. The molecule has 0 saturated carbocycles. The van der Waals surface area contributed by atoms with Crippen LogP contribution in [0.25, 0.3) is 0 Å². The molecule has 0 amide bonds. The molecule has 1 aliphatic heterocycles. The number of hydrogen-bond acceptors (Lipinski definition) is 3. The first-order chi connectivity index (χ1) is 10.1. The molecule has 0 unspecified atom stereocenters. The number of benzene rings is 1. The number of anilines is 2. The maximum absolute atomic E-state index is 5.75. The van der Waals surface area contributed by atoms with Crippen LogP contribution in [0.1, 0.15) is 37.3 Å². The van der Waals surface area contributed by atoms with Crippen LogP contribution in [0.3, 0.4) is 0 Å². The lowest BCUT2D eigenvalue weighted by molar-refractivity contribution is 0.288. The molecule has 1 aromatic heterocycles. The molecular weight excluding hydrogens is 260 g/mol. The van der Waals surface area contributed by atoms with Gasteiger partial charge < -0.3 is 9.64 Å². The summed E-state index contributed by atoms with van der Waals surface area (Å²) in [6.07, 6.45) is 4.19. The van der Waals surface area contributed by atoms with Gasteiger partial charge in [-0.2, -0.15) is 0 Å². The molecule has 110 valence electrons. The molecule has 3 rings (SSSR count). The van der Waals surface area contributed by atoms with Crippen LogP contribution in [-0.2, 0) is 6.42 Å². The van der Waals surface area contributed by atoms with E-state index in [0.29, 0.717) is 5.92 Å². The third kappa shape index (κ3) is 2.87. The third-order valence-corrected chi connectivity index (χ3v) is 4.07. The Morgan fingerprint density at radius 3 is 2.76 bits per heavy atom. The van der Waals surface area contributed by atoms with E-state index in [9.17, 15) is 0 Å². The van der Waals surface area contributed by atoms with Gasteiger partial charge in [-0.05, 0) is 42.0 Å². The smallest absolute Gasteiger partial charge is 0.132 e. The molecule has 0 saturated heterocycles. The maximum atomic E-state index is 5.75. The van der Waals surface area contributed by atoms with E-state index in [1.54, 1.807) is 0 Å².